The van der Waals surface area contributed by atoms with Crippen molar-refractivity contribution in [2.75, 3.05) is 0 Å². The van der Waals surface area contributed by atoms with Crippen LogP contribution in [0, 0.1) is 0 Å². The Labute approximate surface area is 84.8 Å². The fraction of sp³-hybridized carbons (Fsp3) is 0. The van der Waals surface area contributed by atoms with Crippen LogP contribution in [0.5, 0.6) is 0 Å². The number of rotatable bonds is 2. The predicted octanol–water partition coefficient (Wildman–Crippen LogP) is 2.43. The topological polar surface area (TPSA) is 96.0 Å². The van der Waals surface area contributed by atoms with E-state index < -0.39 is 10.0 Å². The fourth-order valence-electron chi connectivity index (χ4n) is 1.17. The molecule has 0 aliphatic carbocycles. The van der Waals surface area contributed by atoms with Crippen molar-refractivity contribution >= 4 is 21.0 Å². The number of nitrogens with zero attached hydrogens (tertiary/aromatic N) is 3. The first-order valence-corrected chi connectivity index (χ1v) is 5.37. The molecule has 0 spiro atoms. The highest BCUT2D eigenvalue weighted by Crippen LogP contribution is 2.23. The largest absolute Gasteiger partial charge is 0.444 e. The molecule has 0 radical (unpaired) electrons. The third-order valence-corrected chi connectivity index (χ3v) is 2.80. The Morgan fingerprint density at radius 3 is 2.73 bits per heavy atom. The van der Waals surface area contributed by atoms with Crippen LogP contribution in [0.25, 0.3) is 21.4 Å². The molecule has 15 heavy (non-hydrogen) atoms. The van der Waals surface area contributed by atoms with Crippen molar-refractivity contribution in [1.29, 1.82) is 0 Å². The number of hydrogen-bond donors (Lipinski definition) is 0. The number of benzene rings is 1. The Kier molecular flexibility index (Phi) is 2.11. The summed E-state index contributed by atoms with van der Waals surface area (Å²) in [4.78, 5) is 2.23. The Bertz CT molecular complexity index is 620. The van der Waals surface area contributed by atoms with Crippen molar-refractivity contribution in [3.05, 3.63) is 40.8 Å². The van der Waals surface area contributed by atoms with Crippen LogP contribution in [-0.4, -0.2) is 8.42 Å². The van der Waals surface area contributed by atoms with Crippen LogP contribution >= 0.6 is 0 Å². The van der Waals surface area contributed by atoms with E-state index in [-0.39, 0.29) is 5.09 Å². The molecule has 0 atom stereocenters. The van der Waals surface area contributed by atoms with Crippen molar-refractivity contribution < 1.29 is 12.8 Å². The van der Waals surface area contributed by atoms with E-state index in [4.69, 9.17) is 9.95 Å². The second kappa shape index (κ2) is 3.30. The van der Waals surface area contributed by atoms with E-state index in [9.17, 15) is 8.42 Å². The highest BCUT2D eigenvalue weighted by Gasteiger charge is 2.17. The molecule has 1 aromatic heterocycles. The lowest BCUT2D eigenvalue weighted by Crippen LogP contribution is -1.91. The van der Waals surface area contributed by atoms with Gasteiger partial charge in [-0.3, -0.25) is 0 Å². The summed E-state index contributed by atoms with van der Waals surface area (Å²) in [6.45, 7) is 0. The number of sulfonamides is 1. The van der Waals surface area contributed by atoms with Crippen LogP contribution in [0.15, 0.2) is 44.4 Å². The zero-order chi connectivity index (χ0) is 10.9. The van der Waals surface area contributed by atoms with Gasteiger partial charge in [0.2, 0.25) is 5.09 Å². The first-order valence-electron chi connectivity index (χ1n) is 3.93. The monoisotopic (exact) mass is 223 g/mol. The molecule has 6 nitrogen and oxygen atoms in total. The van der Waals surface area contributed by atoms with E-state index in [2.05, 4.69) is 9.43 Å². The van der Waals surface area contributed by atoms with Crippen LogP contribution in [-0.2, 0) is 10.0 Å². The number of hydrogen-bond acceptors (Lipinski definition) is 3. The Morgan fingerprint density at radius 1 is 1.33 bits per heavy atom. The molecule has 0 saturated heterocycles. The molecular weight excluding hydrogens is 218 g/mol. The molecule has 0 unspecified atom stereocenters. The van der Waals surface area contributed by atoms with Crippen molar-refractivity contribution in [1.82, 2.24) is 0 Å². The Morgan fingerprint density at radius 2 is 2.07 bits per heavy atom. The van der Waals surface area contributed by atoms with Crippen molar-refractivity contribution in [3.63, 3.8) is 0 Å². The zero-order valence-electron chi connectivity index (χ0n) is 7.36. The smallest absolute Gasteiger partial charge is 0.297 e. The van der Waals surface area contributed by atoms with Crippen LogP contribution in [0.4, 0.5) is 0 Å². The quantitative estimate of drug-likeness (QED) is 0.444. The third-order valence-electron chi connectivity index (χ3n) is 1.80. The van der Waals surface area contributed by atoms with Gasteiger partial charge in [0.1, 0.15) is 5.58 Å². The van der Waals surface area contributed by atoms with E-state index in [0.29, 0.717) is 11.0 Å². The third kappa shape index (κ3) is 1.65. The van der Waals surface area contributed by atoms with E-state index in [1.165, 1.54) is 6.07 Å². The van der Waals surface area contributed by atoms with Crippen LogP contribution in [0.1, 0.15) is 0 Å². The summed E-state index contributed by atoms with van der Waals surface area (Å²) < 4.78 is 30.3. The molecule has 0 aliphatic rings. The van der Waals surface area contributed by atoms with Gasteiger partial charge in [0, 0.05) is 20.9 Å². The number of para-hydroxylation sites is 1. The fourth-order valence-corrected chi connectivity index (χ4v) is 1.82. The summed E-state index contributed by atoms with van der Waals surface area (Å²) in [6, 6.07) is 8.12. The summed E-state index contributed by atoms with van der Waals surface area (Å²) in [5.74, 6) is 0. The minimum absolute atomic E-state index is 0.346. The van der Waals surface area contributed by atoms with Gasteiger partial charge in [-0.25, -0.2) is 8.42 Å². The SMILES string of the molecule is [N-]=[N+]=NS(=O)(=O)c1cc2ccccc2o1. The summed E-state index contributed by atoms with van der Waals surface area (Å²) in [5, 5.41) is 0.297. The molecule has 2 aromatic rings. The molecule has 0 amide bonds. The predicted molar refractivity (Wildman–Crippen MR) is 52.5 cm³/mol. The minimum atomic E-state index is -4.03. The van der Waals surface area contributed by atoms with Gasteiger partial charge in [0.15, 0.2) is 0 Å². The lowest BCUT2D eigenvalue weighted by molar-refractivity contribution is 0.482. The van der Waals surface area contributed by atoms with Gasteiger partial charge in [0.05, 0.1) is 0 Å². The maximum absolute atomic E-state index is 11.3. The Balaban J connectivity index is 2.69. The second-order valence-corrected chi connectivity index (χ2v) is 4.27. The highest BCUT2D eigenvalue weighted by molar-refractivity contribution is 7.89. The standard InChI is InChI=1S/C8H5N3O3S/c9-10-11-15(12,13)8-5-6-3-1-2-4-7(6)14-8/h1-5H. The van der Waals surface area contributed by atoms with Gasteiger partial charge in [-0.15, -0.1) is 0 Å². The maximum atomic E-state index is 11.3. The molecule has 0 N–H and O–H groups in total. The highest BCUT2D eigenvalue weighted by atomic mass is 32.2. The molecule has 1 heterocycles. The average molecular weight is 223 g/mol. The number of azide groups is 1. The lowest BCUT2D eigenvalue weighted by atomic mass is 10.3. The molecule has 0 fully saturated rings. The van der Waals surface area contributed by atoms with E-state index in [1.54, 1.807) is 24.3 Å². The van der Waals surface area contributed by atoms with Gasteiger partial charge in [0.25, 0.3) is 10.0 Å². The zero-order valence-corrected chi connectivity index (χ0v) is 8.18. The maximum Gasteiger partial charge on any atom is 0.297 e. The molecule has 0 saturated carbocycles. The van der Waals surface area contributed by atoms with Crippen LogP contribution in [0.3, 0.4) is 0 Å². The Hall–Kier alpha value is -1.98. The molecule has 76 valence electrons. The normalized spacial score (nSPS) is 11.2. The van der Waals surface area contributed by atoms with Crippen molar-refractivity contribution in [2.24, 2.45) is 4.52 Å². The average Bonchev–Trinajstić information content (AvgIpc) is 2.61. The molecule has 7 heteroatoms. The first-order chi connectivity index (χ1) is 7.13. The van der Waals surface area contributed by atoms with Crippen LogP contribution in [0.2, 0.25) is 0 Å². The van der Waals surface area contributed by atoms with Crippen molar-refractivity contribution in [3.8, 4) is 0 Å². The first kappa shape index (κ1) is 9.57. The summed E-state index contributed by atoms with van der Waals surface area (Å²) >= 11 is 0. The van der Waals surface area contributed by atoms with Gasteiger partial charge in [-0.05, 0) is 11.6 Å². The lowest BCUT2D eigenvalue weighted by Gasteiger charge is -1.87. The van der Waals surface area contributed by atoms with Gasteiger partial charge >= 0.3 is 0 Å². The second-order valence-electron chi connectivity index (χ2n) is 2.75. The van der Waals surface area contributed by atoms with E-state index in [1.807, 2.05) is 0 Å². The molecule has 2 rings (SSSR count). The number of furan rings is 1. The van der Waals surface area contributed by atoms with Gasteiger partial charge in [-0.2, -0.15) is 0 Å². The molecule has 0 aliphatic heterocycles. The van der Waals surface area contributed by atoms with Gasteiger partial charge in [-0.1, -0.05) is 18.2 Å². The summed E-state index contributed by atoms with van der Waals surface area (Å²) in [7, 11) is -4.03. The van der Waals surface area contributed by atoms with E-state index in [0.717, 1.165) is 0 Å². The summed E-state index contributed by atoms with van der Waals surface area (Å²) in [6.07, 6.45) is 0. The van der Waals surface area contributed by atoms with Crippen LogP contribution < -0.4 is 0 Å². The minimum Gasteiger partial charge on any atom is -0.444 e. The van der Waals surface area contributed by atoms with Crippen molar-refractivity contribution in [2.45, 2.75) is 5.09 Å². The molecular formula is C8H5N3O3S. The summed E-state index contributed by atoms with van der Waals surface area (Å²) in [5.41, 5.74) is 8.51. The van der Waals surface area contributed by atoms with Gasteiger partial charge < -0.3 is 4.42 Å². The molecule has 0 bridgehead atoms. The number of fused-ring (bicyclic) bond motifs is 1. The molecule has 1 aromatic carbocycles. The van der Waals surface area contributed by atoms with E-state index >= 15 is 0 Å².